The van der Waals surface area contributed by atoms with Crippen molar-refractivity contribution in [2.45, 2.75) is 6.54 Å². The molecule has 0 saturated carbocycles. The van der Waals surface area contributed by atoms with E-state index in [4.69, 9.17) is 11.6 Å². The van der Waals surface area contributed by atoms with Crippen molar-refractivity contribution in [1.29, 1.82) is 0 Å². The molecular weight excluding hydrogens is 251 g/mol. The fraction of sp³-hybridized carbons (Fsp3) is 1.00. The van der Waals surface area contributed by atoms with Crippen molar-refractivity contribution in [3.05, 3.63) is 0 Å². The summed E-state index contributed by atoms with van der Waals surface area (Å²) in [6.07, 6.45) is 0.538. The third kappa shape index (κ3) is 7.14. The van der Waals surface area contributed by atoms with Gasteiger partial charge in [0, 0.05) is 0 Å². The zero-order chi connectivity index (χ0) is 10.7. The van der Waals surface area contributed by atoms with Gasteiger partial charge in [-0.2, -0.15) is 21.2 Å². The van der Waals surface area contributed by atoms with Crippen molar-refractivity contribution in [1.82, 2.24) is 0 Å². The Morgan fingerprint density at radius 1 is 1.31 bits per heavy atom. The van der Waals surface area contributed by atoms with E-state index in [1.807, 2.05) is 0 Å². The molecule has 0 N–H and O–H groups in total. The van der Waals surface area contributed by atoms with E-state index in [1.165, 1.54) is 0 Å². The highest BCUT2D eigenvalue weighted by Crippen LogP contribution is 2.07. The molecule has 6 nitrogen and oxygen atoms in total. The van der Waals surface area contributed by atoms with E-state index in [0.29, 0.717) is 6.26 Å². The predicted octanol–water partition coefficient (Wildman–Crippen LogP) is -0.242. The molecule has 0 rings (SSSR count). The number of hydrogen-bond acceptors (Lipinski definition) is 6. The van der Waals surface area contributed by atoms with E-state index in [2.05, 4.69) is 8.37 Å². The molecule has 1 atom stereocenters. The van der Waals surface area contributed by atoms with Crippen LogP contribution in [0.25, 0.3) is 0 Å². The molecule has 1 unspecified atom stereocenters. The van der Waals surface area contributed by atoms with Gasteiger partial charge in [0.05, 0.1) is 6.26 Å². The molecule has 0 bridgehead atoms. The highest BCUT2D eigenvalue weighted by Gasteiger charge is 2.22. The Hall–Kier alpha value is 0.0400. The van der Waals surface area contributed by atoms with Crippen molar-refractivity contribution in [2.24, 2.45) is 0 Å². The van der Waals surface area contributed by atoms with Crippen LogP contribution >= 0.6 is 11.6 Å². The highest BCUT2D eigenvalue weighted by molar-refractivity contribution is 7.88. The van der Waals surface area contributed by atoms with Crippen LogP contribution in [0.15, 0.2) is 0 Å². The van der Waals surface area contributed by atoms with E-state index in [9.17, 15) is 21.2 Å². The first-order valence-corrected chi connectivity index (χ1v) is 6.58. The first-order chi connectivity index (χ1) is 5.66. The van der Waals surface area contributed by atoms with Gasteiger partial charge in [-0.05, 0) is 0 Å². The van der Waals surface area contributed by atoms with Gasteiger partial charge in [-0.1, -0.05) is 0 Å². The molecule has 0 radical (unpaired) electrons. The van der Waals surface area contributed by atoms with Gasteiger partial charge in [0.1, 0.15) is 5.21 Å². The maximum atomic E-state index is 12.3. The minimum absolute atomic E-state index is 0.538. The van der Waals surface area contributed by atoms with Crippen molar-refractivity contribution in [3.8, 4) is 0 Å². The zero-order valence-corrected chi connectivity index (χ0v) is 8.70. The minimum Gasteiger partial charge on any atom is -0.206 e. The maximum Gasteiger partial charge on any atom is 0.338 e. The lowest BCUT2D eigenvalue weighted by Gasteiger charge is -2.06. The van der Waals surface area contributed by atoms with E-state index in [-0.39, 0.29) is 0 Å². The molecule has 0 aliphatic heterocycles. The molecule has 0 aliphatic carbocycles. The molecule has 0 aromatic heterocycles. The van der Waals surface area contributed by atoms with Crippen LogP contribution in [0.4, 0.5) is 4.39 Å². The van der Waals surface area contributed by atoms with E-state index < -0.39 is 32.0 Å². The Balaban J connectivity index is 4.27. The number of hydrogen-bond donors (Lipinski definition) is 0. The Bertz CT molecular complexity index is 346. The molecule has 13 heavy (non-hydrogen) atoms. The Morgan fingerprint density at radius 2 is 1.77 bits per heavy atom. The summed E-state index contributed by atoms with van der Waals surface area (Å²) < 4.78 is 60.7. The summed E-state index contributed by atoms with van der Waals surface area (Å²) in [7, 11) is -8.40. The molecule has 10 heteroatoms. The van der Waals surface area contributed by atoms with Gasteiger partial charge in [-0.3, -0.25) is 0 Å². The molecule has 0 saturated heterocycles. The second-order valence-corrected chi connectivity index (χ2v) is 5.62. The molecule has 0 fully saturated rings. The van der Waals surface area contributed by atoms with Crippen molar-refractivity contribution in [2.75, 3.05) is 11.5 Å². The topological polar surface area (TPSA) is 86.7 Å². The molecule has 0 heterocycles. The number of halogens is 2. The normalized spacial score (nSPS) is 15.6. The SMILES string of the molecule is CS(=O)(=O)OC(F)OS(=O)(=O)CCl. The fourth-order valence-electron chi connectivity index (χ4n) is 0.294. The quantitative estimate of drug-likeness (QED) is 0.383. The lowest BCUT2D eigenvalue weighted by atomic mass is 11.4. The molecular formula is C3H6ClFO6S2. The van der Waals surface area contributed by atoms with Gasteiger partial charge >= 0.3 is 6.54 Å². The lowest BCUT2D eigenvalue weighted by Crippen LogP contribution is -2.20. The Kier molecular flexibility index (Phi) is 4.52. The standard InChI is InChI=1S/C3H6ClFO6S2/c1-12(6,7)10-3(5)11-13(8,9)2-4/h3H,2H2,1H3. The van der Waals surface area contributed by atoms with Crippen molar-refractivity contribution < 1.29 is 29.6 Å². The second-order valence-electron chi connectivity index (χ2n) is 1.84. The minimum atomic E-state index is -4.29. The smallest absolute Gasteiger partial charge is 0.206 e. The summed E-state index contributed by atoms with van der Waals surface area (Å²) in [5.74, 6) is 0. The van der Waals surface area contributed by atoms with Crippen LogP contribution < -0.4 is 0 Å². The van der Waals surface area contributed by atoms with Crippen LogP contribution in [-0.4, -0.2) is 34.8 Å². The fourth-order valence-corrected chi connectivity index (χ4v) is 1.13. The van der Waals surface area contributed by atoms with Gasteiger partial charge in [0.25, 0.3) is 20.2 Å². The monoisotopic (exact) mass is 256 g/mol. The van der Waals surface area contributed by atoms with Crippen LogP contribution in [0.1, 0.15) is 0 Å². The number of alkyl halides is 2. The molecule has 0 spiro atoms. The number of rotatable bonds is 5. The molecule has 80 valence electrons. The largest absolute Gasteiger partial charge is 0.338 e. The maximum absolute atomic E-state index is 12.3. The lowest BCUT2D eigenvalue weighted by molar-refractivity contribution is -0.0882. The summed E-state index contributed by atoms with van der Waals surface area (Å²) in [4.78, 5) is 0. The second kappa shape index (κ2) is 4.51. The third-order valence-electron chi connectivity index (χ3n) is 0.606. The van der Waals surface area contributed by atoms with Crippen LogP contribution in [0.3, 0.4) is 0 Å². The summed E-state index contributed by atoms with van der Waals surface area (Å²) in [5, 5.41) is -0.999. The van der Waals surface area contributed by atoms with Crippen LogP contribution in [0, 0.1) is 0 Å². The van der Waals surface area contributed by atoms with Gasteiger partial charge in [-0.15, -0.1) is 11.6 Å². The average molecular weight is 257 g/mol. The van der Waals surface area contributed by atoms with Crippen molar-refractivity contribution in [3.63, 3.8) is 0 Å². The van der Waals surface area contributed by atoms with Gasteiger partial charge < -0.3 is 0 Å². The van der Waals surface area contributed by atoms with Crippen LogP contribution in [-0.2, 0) is 28.6 Å². The summed E-state index contributed by atoms with van der Waals surface area (Å²) in [6, 6.07) is 0. The highest BCUT2D eigenvalue weighted by atomic mass is 35.5. The van der Waals surface area contributed by atoms with Gasteiger partial charge in [0.15, 0.2) is 0 Å². The molecule has 0 aliphatic rings. The molecule has 0 amide bonds. The average Bonchev–Trinajstić information content (AvgIpc) is 1.81. The van der Waals surface area contributed by atoms with E-state index >= 15 is 0 Å². The van der Waals surface area contributed by atoms with Gasteiger partial charge in [-0.25, -0.2) is 8.37 Å². The third-order valence-corrected chi connectivity index (χ3v) is 2.62. The first-order valence-electron chi connectivity index (χ1n) is 2.65. The van der Waals surface area contributed by atoms with Crippen LogP contribution in [0.5, 0.6) is 0 Å². The summed E-state index contributed by atoms with van der Waals surface area (Å²) in [6.45, 7) is -2.90. The van der Waals surface area contributed by atoms with E-state index in [1.54, 1.807) is 0 Å². The molecule has 0 aromatic carbocycles. The zero-order valence-electron chi connectivity index (χ0n) is 6.31. The van der Waals surface area contributed by atoms with E-state index in [0.717, 1.165) is 0 Å². The Morgan fingerprint density at radius 3 is 2.08 bits per heavy atom. The predicted molar refractivity (Wildman–Crippen MR) is 41.5 cm³/mol. The first kappa shape index (κ1) is 13.0. The van der Waals surface area contributed by atoms with Gasteiger partial charge in [0.2, 0.25) is 0 Å². The van der Waals surface area contributed by atoms with Crippen LogP contribution in [0.2, 0.25) is 0 Å². The summed E-state index contributed by atoms with van der Waals surface area (Å²) >= 11 is 4.82. The van der Waals surface area contributed by atoms with Crippen molar-refractivity contribution >= 4 is 31.8 Å². The Labute approximate surface area is 79.8 Å². The summed E-state index contributed by atoms with van der Waals surface area (Å²) in [5.41, 5.74) is 0. The molecule has 0 aromatic rings.